The second-order valence-corrected chi connectivity index (χ2v) is 9.97. The van der Waals surface area contributed by atoms with Crippen LogP contribution in [0.25, 0.3) is 0 Å². The third kappa shape index (κ3) is 5.94. The molecule has 1 saturated carbocycles. The Morgan fingerprint density at radius 2 is 2.22 bits per heavy atom. The van der Waals surface area contributed by atoms with Gasteiger partial charge in [-0.05, 0) is 60.6 Å². The van der Waals surface area contributed by atoms with Crippen molar-refractivity contribution in [3.63, 3.8) is 0 Å². The maximum Gasteiger partial charge on any atom is 0.251 e. The summed E-state index contributed by atoms with van der Waals surface area (Å²) in [6, 6.07) is 7.72. The number of benzene rings is 1. The van der Waals surface area contributed by atoms with Crippen LogP contribution in [0.15, 0.2) is 47.5 Å². The van der Waals surface area contributed by atoms with Gasteiger partial charge >= 0.3 is 0 Å². The smallest absolute Gasteiger partial charge is 0.251 e. The maximum atomic E-state index is 12.6. The van der Waals surface area contributed by atoms with E-state index in [1.807, 2.05) is 12.1 Å². The molecule has 1 amide bonds. The van der Waals surface area contributed by atoms with Gasteiger partial charge in [-0.3, -0.25) is 14.7 Å². The molecule has 2 aliphatic rings. The van der Waals surface area contributed by atoms with Crippen molar-refractivity contribution in [1.29, 1.82) is 0 Å². The molecule has 1 aromatic carbocycles. The Hall–Kier alpha value is -3.23. The number of ether oxygens (including phenoxy) is 1. The van der Waals surface area contributed by atoms with E-state index in [-0.39, 0.29) is 12.5 Å². The molecule has 36 heavy (non-hydrogen) atoms. The summed E-state index contributed by atoms with van der Waals surface area (Å²) < 4.78 is 11.2. The number of β-amino-alcohol motifs (C(OH)–C–C–N with tert-alkyl or cyclic N) is 1. The Morgan fingerprint density at radius 1 is 1.33 bits per heavy atom. The minimum Gasteiger partial charge on any atom is -0.485 e. The van der Waals surface area contributed by atoms with Crippen LogP contribution in [-0.4, -0.2) is 51.6 Å². The lowest BCUT2D eigenvalue weighted by molar-refractivity contribution is 0.0841. The van der Waals surface area contributed by atoms with E-state index >= 15 is 0 Å². The maximum absolute atomic E-state index is 12.6. The van der Waals surface area contributed by atoms with E-state index in [9.17, 15) is 9.90 Å². The monoisotopic (exact) mass is 490 g/mol. The largest absolute Gasteiger partial charge is 0.485 e. The summed E-state index contributed by atoms with van der Waals surface area (Å²) in [5.41, 5.74) is 5.28. The Labute approximate surface area is 211 Å². The van der Waals surface area contributed by atoms with Crippen LogP contribution < -0.4 is 10.1 Å². The number of fused-ring (bicyclic) bond motifs is 1. The molecule has 3 aromatic rings. The van der Waals surface area contributed by atoms with Crippen LogP contribution in [-0.2, 0) is 26.0 Å². The van der Waals surface area contributed by atoms with E-state index in [0.29, 0.717) is 30.4 Å². The fraction of sp³-hybridized carbons (Fsp3) is 0.464. The van der Waals surface area contributed by atoms with Gasteiger partial charge in [0.15, 0.2) is 12.2 Å². The first-order valence-corrected chi connectivity index (χ1v) is 12.8. The summed E-state index contributed by atoms with van der Waals surface area (Å²) in [6.45, 7) is 4.77. The standard InChI is InChI=1S/C28H34N4O4/c1-19-26-8-10-32(15-22(26)5-6-27(19)35-17-25-14-29-18-36-25)16-24(33)13-31-28(34)21-7-9-30-23(12-21)11-20-3-2-4-20/h5-7,9,12,14,18,20,24,33H,2-4,8,10-11,13,15-17H2,1H3,(H,31,34)/t24-/m0/s1. The van der Waals surface area contributed by atoms with E-state index in [1.165, 1.54) is 36.8 Å². The first-order chi connectivity index (χ1) is 17.5. The molecule has 0 radical (unpaired) electrons. The average Bonchev–Trinajstić information content (AvgIpc) is 3.38. The number of nitrogens with one attached hydrogen (secondary N) is 1. The lowest BCUT2D eigenvalue weighted by Gasteiger charge is -2.31. The van der Waals surface area contributed by atoms with Crippen molar-refractivity contribution in [2.75, 3.05) is 19.6 Å². The molecule has 190 valence electrons. The number of amides is 1. The average molecular weight is 491 g/mol. The van der Waals surface area contributed by atoms with Gasteiger partial charge in [0, 0.05) is 43.6 Å². The Morgan fingerprint density at radius 3 is 3.00 bits per heavy atom. The highest BCUT2D eigenvalue weighted by Crippen LogP contribution is 2.30. The summed E-state index contributed by atoms with van der Waals surface area (Å²) in [6.07, 6.45) is 9.75. The Bertz CT molecular complexity index is 1180. The van der Waals surface area contributed by atoms with E-state index in [1.54, 1.807) is 18.5 Å². The van der Waals surface area contributed by atoms with Gasteiger partial charge in [-0.15, -0.1) is 0 Å². The SMILES string of the molecule is Cc1c(OCc2cnco2)ccc2c1CCN(C[C@@H](O)CNC(=O)c1ccnc(CC3CCC3)c1)C2. The topological polar surface area (TPSA) is 101 Å². The number of aliphatic hydroxyl groups is 1. The second kappa shape index (κ2) is 11.2. The van der Waals surface area contributed by atoms with E-state index < -0.39 is 6.10 Å². The van der Waals surface area contributed by atoms with Crippen LogP contribution in [0.1, 0.15) is 57.8 Å². The highest BCUT2D eigenvalue weighted by molar-refractivity contribution is 5.94. The number of nitrogens with zero attached hydrogens (tertiary/aromatic N) is 3. The molecule has 1 aliphatic heterocycles. The molecule has 0 spiro atoms. The number of pyridine rings is 1. The number of hydrogen-bond donors (Lipinski definition) is 2. The molecule has 0 saturated heterocycles. The number of oxazole rings is 1. The molecule has 2 aromatic heterocycles. The lowest BCUT2D eigenvalue weighted by atomic mass is 9.82. The zero-order valence-corrected chi connectivity index (χ0v) is 20.8. The van der Waals surface area contributed by atoms with Gasteiger partial charge in [-0.25, -0.2) is 4.98 Å². The molecule has 0 unspecified atom stereocenters. The van der Waals surface area contributed by atoms with Crippen molar-refractivity contribution in [2.24, 2.45) is 5.92 Å². The van der Waals surface area contributed by atoms with Crippen molar-refractivity contribution in [1.82, 2.24) is 20.2 Å². The Kier molecular flexibility index (Phi) is 7.63. The van der Waals surface area contributed by atoms with Crippen molar-refractivity contribution in [2.45, 2.75) is 58.3 Å². The van der Waals surface area contributed by atoms with Crippen molar-refractivity contribution in [3.8, 4) is 5.75 Å². The number of carbonyl (C=O) groups is 1. The highest BCUT2D eigenvalue weighted by atomic mass is 16.5. The van der Waals surface area contributed by atoms with Crippen LogP contribution in [0.3, 0.4) is 0 Å². The molecule has 5 rings (SSSR count). The fourth-order valence-corrected chi connectivity index (χ4v) is 5.05. The summed E-state index contributed by atoms with van der Waals surface area (Å²) in [5, 5.41) is 13.5. The number of aromatic nitrogens is 2. The molecule has 1 atom stereocenters. The van der Waals surface area contributed by atoms with Gasteiger partial charge in [0.2, 0.25) is 0 Å². The van der Waals surface area contributed by atoms with Gasteiger partial charge in [0.05, 0.1) is 12.3 Å². The molecule has 1 fully saturated rings. The molecule has 8 heteroatoms. The van der Waals surface area contributed by atoms with E-state index in [2.05, 4.69) is 33.2 Å². The summed E-state index contributed by atoms with van der Waals surface area (Å²) >= 11 is 0. The number of rotatable bonds is 10. The van der Waals surface area contributed by atoms with Crippen molar-refractivity contribution < 1.29 is 19.1 Å². The van der Waals surface area contributed by atoms with Crippen LogP contribution in [0.5, 0.6) is 5.75 Å². The minimum atomic E-state index is -0.641. The zero-order chi connectivity index (χ0) is 24.9. The van der Waals surface area contributed by atoms with E-state index in [4.69, 9.17) is 9.15 Å². The lowest BCUT2D eigenvalue weighted by Crippen LogP contribution is -2.42. The van der Waals surface area contributed by atoms with Gasteiger partial charge in [-0.2, -0.15) is 0 Å². The normalized spacial score (nSPS) is 16.7. The summed E-state index contributed by atoms with van der Waals surface area (Å²) in [7, 11) is 0. The third-order valence-corrected chi connectivity index (χ3v) is 7.34. The van der Waals surface area contributed by atoms with Gasteiger partial charge in [0.1, 0.15) is 12.4 Å². The summed E-state index contributed by atoms with van der Waals surface area (Å²) in [5.74, 6) is 2.09. The highest BCUT2D eigenvalue weighted by Gasteiger charge is 2.22. The number of aliphatic hydroxyl groups excluding tert-OH is 1. The zero-order valence-electron chi connectivity index (χ0n) is 20.8. The second-order valence-electron chi connectivity index (χ2n) is 9.97. The van der Waals surface area contributed by atoms with Crippen LogP contribution in [0.4, 0.5) is 0 Å². The molecular formula is C28H34N4O4. The first kappa shape index (κ1) is 24.5. The van der Waals surface area contributed by atoms with Crippen LogP contribution >= 0.6 is 0 Å². The van der Waals surface area contributed by atoms with Crippen molar-refractivity contribution >= 4 is 5.91 Å². The fourth-order valence-electron chi connectivity index (χ4n) is 5.05. The third-order valence-electron chi connectivity index (χ3n) is 7.34. The van der Waals surface area contributed by atoms with Gasteiger partial charge in [-0.1, -0.05) is 25.3 Å². The predicted octanol–water partition coefficient (Wildman–Crippen LogP) is 3.45. The van der Waals surface area contributed by atoms with Gasteiger partial charge < -0.3 is 19.6 Å². The van der Waals surface area contributed by atoms with Crippen molar-refractivity contribution in [3.05, 3.63) is 76.8 Å². The molecule has 0 bridgehead atoms. The number of carbonyl (C=O) groups excluding carboxylic acids is 1. The summed E-state index contributed by atoms with van der Waals surface area (Å²) in [4.78, 5) is 23.2. The number of hydrogen-bond acceptors (Lipinski definition) is 7. The van der Waals surface area contributed by atoms with E-state index in [0.717, 1.165) is 42.9 Å². The molecule has 1 aliphatic carbocycles. The molecule has 8 nitrogen and oxygen atoms in total. The van der Waals surface area contributed by atoms with Crippen LogP contribution in [0.2, 0.25) is 0 Å². The minimum absolute atomic E-state index is 0.163. The first-order valence-electron chi connectivity index (χ1n) is 12.8. The quantitative estimate of drug-likeness (QED) is 0.449. The molecule has 2 N–H and O–H groups in total. The molecule has 3 heterocycles. The van der Waals surface area contributed by atoms with Crippen LogP contribution in [0, 0.1) is 12.8 Å². The molecular weight excluding hydrogens is 456 g/mol. The Balaban J connectivity index is 1.10. The predicted molar refractivity (Wildman–Crippen MR) is 135 cm³/mol. The van der Waals surface area contributed by atoms with Gasteiger partial charge in [0.25, 0.3) is 5.91 Å².